The average molecular weight is 723 g/mol. The first-order chi connectivity index (χ1) is 23.6. The molecular formula is C40H55ClN2O6Si. The minimum Gasteiger partial charge on any atom is -0.490 e. The van der Waals surface area contributed by atoms with E-state index in [2.05, 4.69) is 63.0 Å². The second-order valence-electron chi connectivity index (χ2n) is 16.9. The van der Waals surface area contributed by atoms with Gasteiger partial charge in [-0.1, -0.05) is 56.7 Å². The SMILES string of the molecule is CN1CC/C=C/C(O[Si](C)(C)C(C)(C)C)[C@@H]2CC[C@H]2CN2C[C@@]3(CCCc4cc(Cl)ccc43)COc3ccc(cc32)[C@](CO)(C(=O)O)CC1=O. The fourth-order valence-corrected chi connectivity index (χ4v) is 9.75. The van der Waals surface area contributed by atoms with Crippen LogP contribution in [0.25, 0.3) is 0 Å². The molecule has 10 heteroatoms. The number of benzene rings is 2. The van der Waals surface area contributed by atoms with Crippen molar-refractivity contribution in [3.63, 3.8) is 0 Å². The van der Waals surface area contributed by atoms with Crippen LogP contribution in [-0.2, 0) is 31.3 Å². The van der Waals surface area contributed by atoms with E-state index in [-0.39, 0.29) is 28.9 Å². The highest BCUT2D eigenvalue weighted by Gasteiger charge is 2.48. The molecule has 2 bridgehead atoms. The van der Waals surface area contributed by atoms with E-state index in [1.54, 1.807) is 18.0 Å². The minimum atomic E-state index is -2.11. The number of carbonyl (C=O) groups excluding carboxylic acids is 1. The van der Waals surface area contributed by atoms with Gasteiger partial charge in [0.1, 0.15) is 11.2 Å². The molecule has 6 rings (SSSR count). The number of halogens is 1. The summed E-state index contributed by atoms with van der Waals surface area (Å²) in [5.41, 5.74) is 1.67. The Labute approximate surface area is 303 Å². The highest BCUT2D eigenvalue weighted by molar-refractivity contribution is 6.74. The molecule has 1 unspecified atom stereocenters. The lowest BCUT2D eigenvalue weighted by molar-refractivity contribution is -0.149. The van der Waals surface area contributed by atoms with Crippen molar-refractivity contribution in [2.24, 2.45) is 11.8 Å². The highest BCUT2D eigenvalue weighted by Crippen LogP contribution is 2.49. The number of nitrogens with zero attached hydrogens (tertiary/aromatic N) is 2. The van der Waals surface area contributed by atoms with Crippen molar-refractivity contribution < 1.29 is 29.0 Å². The number of hydrogen-bond donors (Lipinski definition) is 2. The van der Waals surface area contributed by atoms with Crippen molar-refractivity contribution in [1.29, 1.82) is 0 Å². The van der Waals surface area contributed by atoms with Crippen LogP contribution in [0.2, 0.25) is 23.2 Å². The Kier molecular flexibility index (Phi) is 10.3. The molecule has 272 valence electrons. The maximum absolute atomic E-state index is 13.6. The number of anilines is 1. The number of aliphatic carboxylic acids is 1. The summed E-state index contributed by atoms with van der Waals surface area (Å²) in [6.45, 7) is 13.2. The van der Waals surface area contributed by atoms with Crippen molar-refractivity contribution in [1.82, 2.24) is 4.90 Å². The predicted molar refractivity (Wildman–Crippen MR) is 201 cm³/mol. The molecule has 8 nitrogen and oxygen atoms in total. The molecule has 2 aliphatic carbocycles. The standard InChI is InChI=1S/C40H55ClN2O6Si/c1-38(2,3)50(5,6)49-34-11-7-8-19-42(4)36(45)22-40(25-44,37(46)47)29-13-17-35-33(21-29)43(23-28-12-15-31(28)34)24-39(26-48-35)18-9-10-27-20-30(41)14-16-32(27)39/h7,11,13-14,16-17,20-21,28,31,34,44H,8-10,12,15,18-19,22-26H2,1-6H3,(H,46,47)/b11-7+/t28-,31+,34?,39-,40-/m0/s1. The molecule has 0 saturated heterocycles. The zero-order valence-corrected chi connectivity index (χ0v) is 32.4. The van der Waals surface area contributed by atoms with Crippen LogP contribution >= 0.6 is 11.6 Å². The molecule has 1 fully saturated rings. The zero-order valence-electron chi connectivity index (χ0n) is 30.6. The number of fused-ring (bicyclic) bond motifs is 4. The van der Waals surface area contributed by atoms with Gasteiger partial charge < -0.3 is 29.2 Å². The largest absolute Gasteiger partial charge is 0.490 e. The van der Waals surface area contributed by atoms with E-state index >= 15 is 0 Å². The maximum Gasteiger partial charge on any atom is 0.317 e. The van der Waals surface area contributed by atoms with Crippen molar-refractivity contribution >= 4 is 37.5 Å². The third-order valence-electron chi connectivity index (χ3n) is 12.7. The molecule has 0 radical (unpaired) electrons. The Balaban J connectivity index is 1.47. The molecule has 1 saturated carbocycles. The Bertz CT molecular complexity index is 1640. The normalized spacial score (nSPS) is 29.7. The number of aryl methyl sites for hydroxylation is 1. The number of carboxylic acid groups (broad SMARTS) is 1. The first-order valence-electron chi connectivity index (χ1n) is 18.3. The van der Waals surface area contributed by atoms with Crippen molar-refractivity contribution in [2.45, 2.75) is 101 Å². The molecule has 2 aromatic rings. The lowest BCUT2D eigenvalue weighted by Crippen LogP contribution is -2.52. The summed E-state index contributed by atoms with van der Waals surface area (Å²) >= 11 is 6.49. The number of carbonyl (C=O) groups is 2. The van der Waals surface area contributed by atoms with Gasteiger partial charge in [-0.15, -0.1) is 0 Å². The number of ether oxygens (including phenoxy) is 1. The van der Waals surface area contributed by atoms with Gasteiger partial charge in [0.2, 0.25) is 5.91 Å². The smallest absolute Gasteiger partial charge is 0.317 e. The second kappa shape index (κ2) is 13.9. The summed E-state index contributed by atoms with van der Waals surface area (Å²) in [5, 5.41) is 22.2. The lowest BCUT2D eigenvalue weighted by atomic mass is 9.68. The summed E-state index contributed by atoms with van der Waals surface area (Å²) in [4.78, 5) is 30.7. The number of hydrogen-bond acceptors (Lipinski definition) is 6. The van der Waals surface area contributed by atoms with Gasteiger partial charge in [0.25, 0.3) is 0 Å². The second-order valence-corrected chi connectivity index (χ2v) is 22.1. The van der Waals surface area contributed by atoms with Crippen LogP contribution in [0, 0.1) is 11.8 Å². The molecule has 2 aliphatic heterocycles. The Morgan fingerprint density at radius 3 is 2.62 bits per heavy atom. The molecule has 5 atom stereocenters. The molecule has 2 aromatic carbocycles. The van der Waals surface area contributed by atoms with Gasteiger partial charge in [-0.05, 0) is 109 Å². The summed E-state index contributed by atoms with van der Waals surface area (Å²) in [6.07, 6.45) is 9.73. The summed E-state index contributed by atoms with van der Waals surface area (Å²) in [7, 11) is -0.401. The first-order valence-corrected chi connectivity index (χ1v) is 21.6. The Morgan fingerprint density at radius 2 is 1.94 bits per heavy atom. The number of amides is 1. The van der Waals surface area contributed by atoms with Crippen molar-refractivity contribution in [3.8, 4) is 5.75 Å². The van der Waals surface area contributed by atoms with Crippen LogP contribution in [0.4, 0.5) is 5.69 Å². The third-order valence-corrected chi connectivity index (χ3v) is 17.4. The molecule has 1 amide bonds. The molecule has 2 heterocycles. The maximum atomic E-state index is 13.6. The quantitative estimate of drug-likeness (QED) is 0.252. The predicted octanol–water partition coefficient (Wildman–Crippen LogP) is 7.35. The van der Waals surface area contributed by atoms with E-state index in [9.17, 15) is 19.8 Å². The van der Waals surface area contributed by atoms with Gasteiger partial charge in [0.05, 0.1) is 25.0 Å². The van der Waals surface area contributed by atoms with Crippen molar-refractivity contribution in [3.05, 3.63) is 70.3 Å². The van der Waals surface area contributed by atoms with Gasteiger partial charge in [-0.25, -0.2) is 0 Å². The summed E-state index contributed by atoms with van der Waals surface area (Å²) in [6, 6.07) is 11.7. The van der Waals surface area contributed by atoms with Gasteiger partial charge in [-0.2, -0.15) is 0 Å². The fourth-order valence-electron chi connectivity index (χ4n) is 8.27. The first kappa shape index (κ1) is 36.9. The number of aliphatic hydroxyl groups is 1. The minimum absolute atomic E-state index is 0.0295. The van der Waals surface area contributed by atoms with Crippen LogP contribution in [0.3, 0.4) is 0 Å². The molecule has 1 spiro atoms. The van der Waals surface area contributed by atoms with E-state index in [0.717, 1.165) is 49.4 Å². The summed E-state index contributed by atoms with van der Waals surface area (Å²) < 4.78 is 13.9. The van der Waals surface area contributed by atoms with Gasteiger partial charge in [0, 0.05) is 43.5 Å². The van der Waals surface area contributed by atoms with Crippen LogP contribution < -0.4 is 9.64 Å². The lowest BCUT2D eigenvalue weighted by Gasteiger charge is -2.48. The van der Waals surface area contributed by atoms with E-state index < -0.39 is 26.3 Å². The van der Waals surface area contributed by atoms with Crippen LogP contribution in [0.1, 0.15) is 76.0 Å². The van der Waals surface area contributed by atoms with Gasteiger partial charge in [0.15, 0.2) is 8.32 Å². The van der Waals surface area contributed by atoms with E-state index in [1.807, 2.05) is 18.2 Å². The number of carboxylic acids is 1. The Morgan fingerprint density at radius 1 is 1.16 bits per heavy atom. The van der Waals surface area contributed by atoms with E-state index in [4.69, 9.17) is 20.8 Å². The third kappa shape index (κ3) is 6.87. The monoisotopic (exact) mass is 722 g/mol. The fraction of sp³-hybridized carbons (Fsp3) is 0.600. The van der Waals surface area contributed by atoms with Crippen LogP contribution in [-0.4, -0.2) is 81.3 Å². The van der Waals surface area contributed by atoms with E-state index in [1.165, 1.54) is 11.1 Å². The number of aliphatic hydroxyl groups excluding tert-OH is 1. The molecule has 4 aliphatic rings. The van der Waals surface area contributed by atoms with Crippen LogP contribution in [0.5, 0.6) is 5.75 Å². The topological polar surface area (TPSA) is 99.5 Å². The van der Waals surface area contributed by atoms with E-state index in [0.29, 0.717) is 49.3 Å². The van der Waals surface area contributed by atoms with Gasteiger partial charge >= 0.3 is 5.97 Å². The molecule has 2 N–H and O–H groups in total. The molecular weight excluding hydrogens is 668 g/mol. The zero-order chi connectivity index (χ0) is 36.1. The van der Waals surface area contributed by atoms with Crippen molar-refractivity contribution in [2.75, 3.05) is 44.8 Å². The average Bonchev–Trinajstić information content (AvgIpc) is 3.19. The summed E-state index contributed by atoms with van der Waals surface area (Å²) in [5.74, 6) is -0.170. The Hall–Kier alpha value is -2.85. The van der Waals surface area contributed by atoms with Gasteiger partial charge in [-0.3, -0.25) is 9.59 Å². The molecule has 0 aromatic heterocycles. The highest BCUT2D eigenvalue weighted by atomic mass is 35.5. The number of rotatable bonds is 4. The van der Waals surface area contributed by atoms with Crippen LogP contribution in [0.15, 0.2) is 48.6 Å². The molecule has 50 heavy (non-hydrogen) atoms.